The van der Waals surface area contributed by atoms with Crippen molar-refractivity contribution in [1.82, 2.24) is 9.88 Å². The van der Waals surface area contributed by atoms with E-state index in [1.54, 1.807) is 20.2 Å². The van der Waals surface area contributed by atoms with Gasteiger partial charge in [-0.3, -0.25) is 4.79 Å². The fourth-order valence-corrected chi connectivity index (χ4v) is 2.47. The molecule has 124 valence electrons. The zero-order chi connectivity index (χ0) is 16.8. The number of aryl methyl sites for hydroxylation is 2. The van der Waals surface area contributed by atoms with Crippen LogP contribution in [-0.2, 0) is 7.05 Å². The maximum absolute atomic E-state index is 12.1. The molecule has 0 aliphatic heterocycles. The fourth-order valence-electron chi connectivity index (χ4n) is 2.47. The van der Waals surface area contributed by atoms with Crippen molar-refractivity contribution >= 4 is 11.7 Å². The molecule has 0 spiro atoms. The van der Waals surface area contributed by atoms with Gasteiger partial charge in [0.1, 0.15) is 0 Å². The highest BCUT2D eigenvalue weighted by molar-refractivity contribution is 5.89. The van der Waals surface area contributed by atoms with E-state index in [1.807, 2.05) is 0 Å². The van der Waals surface area contributed by atoms with Crippen LogP contribution >= 0.6 is 0 Å². The van der Waals surface area contributed by atoms with Crippen molar-refractivity contribution in [2.75, 3.05) is 18.5 Å². The number of hydrogen-bond donors (Lipinski definition) is 3. The Hall–Kier alpha value is -1.82. The van der Waals surface area contributed by atoms with Crippen LogP contribution in [0, 0.1) is 12.3 Å². The Morgan fingerprint density at radius 3 is 2.55 bits per heavy atom. The first-order chi connectivity index (χ1) is 10.4. The molecule has 0 saturated carbocycles. The van der Waals surface area contributed by atoms with Crippen molar-refractivity contribution in [3.05, 3.63) is 28.2 Å². The summed E-state index contributed by atoms with van der Waals surface area (Å²) in [4.78, 5) is 23.6. The lowest BCUT2D eigenvalue weighted by Gasteiger charge is -2.31. The Kier molecular flexibility index (Phi) is 6.61. The first-order valence-electron chi connectivity index (χ1n) is 7.70. The topological polar surface area (TPSA) is 83.4 Å². The number of nitrogens with one attached hydrogen (secondary N) is 2. The second-order valence-corrected chi connectivity index (χ2v) is 5.81. The van der Waals surface area contributed by atoms with Crippen LogP contribution in [0.5, 0.6) is 0 Å². The van der Waals surface area contributed by atoms with Gasteiger partial charge in [0.2, 0.25) is 0 Å². The van der Waals surface area contributed by atoms with E-state index < -0.39 is 0 Å². The van der Waals surface area contributed by atoms with Gasteiger partial charge in [-0.2, -0.15) is 0 Å². The van der Waals surface area contributed by atoms with Crippen molar-refractivity contribution in [2.45, 2.75) is 40.0 Å². The molecule has 6 nitrogen and oxygen atoms in total. The number of carbonyl (C=O) groups is 1. The largest absolute Gasteiger partial charge is 0.396 e. The monoisotopic (exact) mass is 309 g/mol. The Morgan fingerprint density at radius 1 is 1.36 bits per heavy atom. The maximum atomic E-state index is 12.1. The Labute approximate surface area is 131 Å². The summed E-state index contributed by atoms with van der Waals surface area (Å²) in [6, 6.07) is 1.19. The molecule has 0 fully saturated rings. The third-order valence-corrected chi connectivity index (χ3v) is 4.45. The van der Waals surface area contributed by atoms with Crippen LogP contribution in [-0.4, -0.2) is 28.9 Å². The molecule has 0 aliphatic carbocycles. The number of carbonyl (C=O) groups excluding carboxylic acids is 1. The minimum absolute atomic E-state index is 0.0787. The number of urea groups is 1. The molecule has 1 heterocycles. The van der Waals surface area contributed by atoms with E-state index in [2.05, 4.69) is 24.5 Å². The predicted octanol–water partition coefficient (Wildman–Crippen LogP) is 2.00. The number of rotatable bonds is 7. The normalized spacial score (nSPS) is 11.3. The van der Waals surface area contributed by atoms with E-state index in [9.17, 15) is 14.7 Å². The van der Waals surface area contributed by atoms with Crippen LogP contribution in [0.3, 0.4) is 0 Å². The van der Waals surface area contributed by atoms with Crippen LogP contribution in [0.15, 0.2) is 17.1 Å². The third-order valence-electron chi connectivity index (χ3n) is 4.45. The van der Waals surface area contributed by atoms with E-state index in [0.717, 1.165) is 18.4 Å². The molecular formula is C16H27N3O3. The standard InChI is InChI=1S/C16H27N3O3/c1-5-16(6-2,7-8-20)11-17-15(22)18-13-10-19(4)14(21)9-12(13)3/h9-10,20H,5-8,11H2,1-4H3,(H2,17,18,22). The van der Waals surface area contributed by atoms with Gasteiger partial charge in [0.15, 0.2) is 0 Å². The summed E-state index contributed by atoms with van der Waals surface area (Å²) in [6.45, 7) is 6.54. The quantitative estimate of drug-likeness (QED) is 0.720. The summed E-state index contributed by atoms with van der Waals surface area (Å²) in [7, 11) is 1.64. The summed E-state index contributed by atoms with van der Waals surface area (Å²) in [6.07, 6.45) is 4.06. The minimum atomic E-state index is -0.300. The number of aromatic nitrogens is 1. The Bertz CT molecular complexity index is 562. The lowest BCUT2D eigenvalue weighted by Crippen LogP contribution is -2.40. The molecule has 0 bridgehead atoms. The number of aliphatic hydroxyl groups is 1. The smallest absolute Gasteiger partial charge is 0.319 e. The van der Waals surface area contributed by atoms with Crippen LogP contribution in [0.2, 0.25) is 0 Å². The molecule has 1 aromatic rings. The summed E-state index contributed by atoms with van der Waals surface area (Å²) < 4.78 is 1.43. The highest BCUT2D eigenvalue weighted by atomic mass is 16.3. The van der Waals surface area contributed by atoms with Gasteiger partial charge < -0.3 is 20.3 Å². The average Bonchev–Trinajstić information content (AvgIpc) is 2.49. The van der Waals surface area contributed by atoms with E-state index in [4.69, 9.17) is 0 Å². The molecule has 0 saturated heterocycles. The number of pyridine rings is 1. The van der Waals surface area contributed by atoms with E-state index in [-0.39, 0.29) is 23.6 Å². The van der Waals surface area contributed by atoms with Crippen molar-refractivity contribution in [1.29, 1.82) is 0 Å². The summed E-state index contributed by atoms with van der Waals surface area (Å²) in [5.41, 5.74) is 1.15. The van der Waals surface area contributed by atoms with E-state index in [1.165, 1.54) is 10.6 Å². The zero-order valence-electron chi connectivity index (χ0n) is 13.9. The predicted molar refractivity (Wildman–Crippen MR) is 88.2 cm³/mol. The summed E-state index contributed by atoms with van der Waals surface area (Å²) in [5.74, 6) is 0. The molecule has 0 unspecified atom stereocenters. The van der Waals surface area contributed by atoms with E-state index >= 15 is 0 Å². The molecule has 0 aromatic carbocycles. The molecule has 1 rings (SSSR count). The first-order valence-corrected chi connectivity index (χ1v) is 7.70. The molecular weight excluding hydrogens is 282 g/mol. The molecule has 22 heavy (non-hydrogen) atoms. The second-order valence-electron chi connectivity index (χ2n) is 5.81. The highest BCUT2D eigenvalue weighted by Gasteiger charge is 2.26. The minimum Gasteiger partial charge on any atom is -0.396 e. The lowest BCUT2D eigenvalue weighted by atomic mass is 9.79. The number of anilines is 1. The summed E-state index contributed by atoms with van der Waals surface area (Å²) >= 11 is 0. The van der Waals surface area contributed by atoms with Gasteiger partial charge in [0.05, 0.1) is 5.69 Å². The molecule has 0 radical (unpaired) electrons. The van der Waals surface area contributed by atoms with Crippen molar-refractivity contribution < 1.29 is 9.90 Å². The van der Waals surface area contributed by atoms with Crippen LogP contribution in [0.25, 0.3) is 0 Å². The number of hydrogen-bond acceptors (Lipinski definition) is 3. The fraction of sp³-hybridized carbons (Fsp3) is 0.625. The number of aliphatic hydroxyl groups excluding tert-OH is 1. The lowest BCUT2D eigenvalue weighted by molar-refractivity contribution is 0.165. The van der Waals surface area contributed by atoms with Gasteiger partial charge in [0.25, 0.3) is 5.56 Å². The molecule has 6 heteroatoms. The molecule has 0 aliphatic rings. The number of amides is 2. The molecule has 3 N–H and O–H groups in total. The van der Waals surface area contributed by atoms with Crippen LogP contribution in [0.1, 0.15) is 38.7 Å². The summed E-state index contributed by atoms with van der Waals surface area (Å²) in [5, 5.41) is 14.8. The average molecular weight is 309 g/mol. The Morgan fingerprint density at radius 2 is 2.00 bits per heavy atom. The van der Waals surface area contributed by atoms with Crippen LogP contribution < -0.4 is 16.2 Å². The SMILES string of the molecule is CCC(CC)(CCO)CNC(=O)Nc1cn(C)c(=O)cc1C. The second kappa shape index (κ2) is 7.98. The van der Waals surface area contributed by atoms with Crippen molar-refractivity contribution in [3.8, 4) is 0 Å². The van der Waals surface area contributed by atoms with Crippen molar-refractivity contribution in [2.24, 2.45) is 12.5 Å². The first kappa shape index (κ1) is 18.2. The van der Waals surface area contributed by atoms with Gasteiger partial charge >= 0.3 is 6.03 Å². The Balaban J connectivity index is 2.71. The van der Waals surface area contributed by atoms with E-state index in [0.29, 0.717) is 18.7 Å². The maximum Gasteiger partial charge on any atom is 0.319 e. The van der Waals surface area contributed by atoms with Gasteiger partial charge in [-0.15, -0.1) is 0 Å². The van der Waals surface area contributed by atoms with Gasteiger partial charge in [-0.1, -0.05) is 13.8 Å². The third kappa shape index (κ3) is 4.59. The zero-order valence-corrected chi connectivity index (χ0v) is 13.9. The highest BCUT2D eigenvalue weighted by Crippen LogP contribution is 2.29. The van der Waals surface area contributed by atoms with Crippen molar-refractivity contribution in [3.63, 3.8) is 0 Å². The van der Waals surface area contributed by atoms with Crippen LogP contribution in [0.4, 0.5) is 10.5 Å². The molecule has 1 aromatic heterocycles. The van der Waals surface area contributed by atoms with Gasteiger partial charge in [-0.25, -0.2) is 4.79 Å². The van der Waals surface area contributed by atoms with Gasteiger partial charge in [0, 0.05) is 32.5 Å². The molecule has 0 atom stereocenters. The molecule has 2 amide bonds. The van der Waals surface area contributed by atoms with Gasteiger partial charge in [-0.05, 0) is 37.2 Å². The number of nitrogens with zero attached hydrogens (tertiary/aromatic N) is 1.